The molecule has 1 aromatic heterocycles. The van der Waals surface area contributed by atoms with Crippen molar-refractivity contribution in [3.63, 3.8) is 0 Å². The van der Waals surface area contributed by atoms with Crippen LogP contribution in [-0.2, 0) is 0 Å². The fourth-order valence-electron chi connectivity index (χ4n) is 2.32. The molecule has 0 bridgehead atoms. The Morgan fingerprint density at radius 3 is 2.58 bits per heavy atom. The summed E-state index contributed by atoms with van der Waals surface area (Å²) in [6.07, 6.45) is 3.09. The van der Waals surface area contributed by atoms with Crippen LogP contribution in [0.15, 0.2) is 30.2 Å². The van der Waals surface area contributed by atoms with E-state index in [9.17, 15) is 0 Å². The van der Waals surface area contributed by atoms with Crippen molar-refractivity contribution in [3.8, 4) is 6.07 Å². The lowest BCUT2D eigenvalue weighted by Crippen LogP contribution is -2.49. The number of anilines is 1. The summed E-state index contributed by atoms with van der Waals surface area (Å²) in [5.74, 6) is 6.40. The number of hydrogen-bond acceptors (Lipinski definition) is 9. The van der Waals surface area contributed by atoms with Crippen LogP contribution in [0.4, 0.5) is 5.82 Å². The number of rotatable bonds is 6. The summed E-state index contributed by atoms with van der Waals surface area (Å²) in [6, 6.07) is 5.78. The number of piperazine rings is 1. The number of hydrogen-bond donors (Lipinski definition) is 4. The minimum Gasteiger partial charge on any atom is -0.403 e. The van der Waals surface area contributed by atoms with Crippen molar-refractivity contribution in [2.75, 3.05) is 31.1 Å². The van der Waals surface area contributed by atoms with Gasteiger partial charge in [0.25, 0.3) is 0 Å². The van der Waals surface area contributed by atoms with Gasteiger partial charge in [0.05, 0.1) is 16.8 Å². The van der Waals surface area contributed by atoms with E-state index in [1.165, 1.54) is 6.20 Å². The molecule has 0 unspecified atom stereocenters. The molecular formula is C15H24N8S. The van der Waals surface area contributed by atoms with Crippen LogP contribution in [0.5, 0.6) is 0 Å². The molecule has 1 aromatic rings. The van der Waals surface area contributed by atoms with Crippen LogP contribution in [0.25, 0.3) is 0 Å². The summed E-state index contributed by atoms with van der Waals surface area (Å²) >= 11 is 1.57. The maximum Gasteiger partial charge on any atom is 0.128 e. The average Bonchev–Trinajstić information content (AvgIpc) is 2.61. The highest BCUT2D eigenvalue weighted by atomic mass is 32.2. The van der Waals surface area contributed by atoms with Crippen molar-refractivity contribution in [2.24, 2.45) is 11.6 Å². The predicted octanol–water partition coefficient (Wildman–Crippen LogP) is 0.270. The molecule has 9 heteroatoms. The molecule has 1 aliphatic heterocycles. The van der Waals surface area contributed by atoms with Gasteiger partial charge in [-0.3, -0.25) is 5.84 Å². The first-order valence-corrected chi connectivity index (χ1v) is 8.46. The van der Waals surface area contributed by atoms with Crippen LogP contribution in [0.1, 0.15) is 19.4 Å². The van der Waals surface area contributed by atoms with Crippen LogP contribution in [0.3, 0.4) is 0 Å². The minimum atomic E-state index is -0.361. The lowest BCUT2D eigenvalue weighted by Gasteiger charge is -2.36. The number of hydrazine groups is 1. The van der Waals surface area contributed by atoms with Gasteiger partial charge in [0, 0.05) is 50.7 Å². The molecule has 0 amide bonds. The summed E-state index contributed by atoms with van der Waals surface area (Å²) in [7, 11) is 0. The molecule has 0 saturated carbocycles. The number of nitrogens with zero attached hydrogens (tertiary/aromatic N) is 4. The van der Waals surface area contributed by atoms with E-state index in [0.717, 1.165) is 37.7 Å². The maximum atomic E-state index is 8.83. The van der Waals surface area contributed by atoms with Gasteiger partial charge >= 0.3 is 0 Å². The van der Waals surface area contributed by atoms with Gasteiger partial charge < -0.3 is 16.1 Å². The van der Waals surface area contributed by atoms with E-state index in [4.69, 9.17) is 16.8 Å². The van der Waals surface area contributed by atoms with Crippen LogP contribution in [0.2, 0.25) is 0 Å². The topological polar surface area (TPSA) is 119 Å². The zero-order valence-corrected chi connectivity index (χ0v) is 14.8. The molecule has 0 aliphatic carbocycles. The van der Waals surface area contributed by atoms with Gasteiger partial charge in [0.2, 0.25) is 0 Å². The van der Waals surface area contributed by atoms with E-state index >= 15 is 0 Å². The Hall–Kier alpha value is -1.99. The molecule has 2 heterocycles. The highest BCUT2D eigenvalue weighted by Gasteiger charge is 2.25. The highest BCUT2D eigenvalue weighted by molar-refractivity contribution is 7.95. The van der Waals surface area contributed by atoms with E-state index in [1.54, 1.807) is 24.4 Å². The Morgan fingerprint density at radius 1 is 1.38 bits per heavy atom. The summed E-state index contributed by atoms with van der Waals surface area (Å²) < 4.78 is 5.64. The Kier molecular flexibility index (Phi) is 6.28. The lowest BCUT2D eigenvalue weighted by molar-refractivity contribution is 0.416. The normalized spacial score (nSPS) is 16.8. The van der Waals surface area contributed by atoms with Crippen molar-refractivity contribution in [1.29, 1.82) is 5.26 Å². The van der Waals surface area contributed by atoms with Gasteiger partial charge in [-0.2, -0.15) is 5.26 Å². The average molecular weight is 348 g/mol. The molecule has 0 atom stereocenters. The SMILES string of the molecule is CC(C)(NSN1CCN(c2ccc(C#N)cn2)CC1)/C(=C/N)NN. The smallest absolute Gasteiger partial charge is 0.128 e. The third-order valence-electron chi connectivity index (χ3n) is 3.87. The van der Waals surface area contributed by atoms with Crippen LogP contribution in [-0.4, -0.2) is 41.0 Å². The molecule has 1 saturated heterocycles. The first-order chi connectivity index (χ1) is 11.5. The van der Waals surface area contributed by atoms with E-state index in [-0.39, 0.29) is 5.54 Å². The number of nitrogens with one attached hydrogen (secondary N) is 2. The number of aromatic nitrogens is 1. The molecular weight excluding hydrogens is 324 g/mol. The lowest BCUT2D eigenvalue weighted by atomic mass is 10.0. The van der Waals surface area contributed by atoms with E-state index in [0.29, 0.717) is 5.56 Å². The van der Waals surface area contributed by atoms with E-state index in [1.807, 2.05) is 19.9 Å². The molecule has 0 spiro atoms. The van der Waals surface area contributed by atoms with Crippen LogP contribution >= 0.6 is 12.1 Å². The van der Waals surface area contributed by atoms with Crippen molar-refractivity contribution in [3.05, 3.63) is 35.8 Å². The highest BCUT2D eigenvalue weighted by Crippen LogP contribution is 2.21. The molecule has 1 aliphatic rings. The van der Waals surface area contributed by atoms with Gasteiger partial charge in [-0.05, 0) is 26.0 Å². The zero-order chi connectivity index (χ0) is 17.6. The van der Waals surface area contributed by atoms with Gasteiger partial charge in [-0.15, -0.1) is 0 Å². The van der Waals surface area contributed by atoms with Gasteiger partial charge in [-0.1, -0.05) is 0 Å². The van der Waals surface area contributed by atoms with Crippen molar-refractivity contribution in [2.45, 2.75) is 19.4 Å². The number of nitriles is 1. The fourth-order valence-corrected chi connectivity index (χ4v) is 3.13. The number of pyridine rings is 1. The third kappa shape index (κ3) is 4.52. The largest absolute Gasteiger partial charge is 0.403 e. The molecule has 1 fully saturated rings. The molecule has 0 radical (unpaired) electrons. The van der Waals surface area contributed by atoms with Gasteiger partial charge in [0.15, 0.2) is 0 Å². The van der Waals surface area contributed by atoms with Crippen molar-refractivity contribution in [1.82, 2.24) is 19.4 Å². The monoisotopic (exact) mass is 348 g/mol. The first-order valence-electron chi connectivity index (χ1n) is 7.69. The summed E-state index contributed by atoms with van der Waals surface area (Å²) in [5.41, 5.74) is 9.15. The molecule has 0 aromatic carbocycles. The number of nitrogens with two attached hydrogens (primary N) is 2. The molecule has 2 rings (SSSR count). The Bertz CT molecular complexity index is 599. The van der Waals surface area contributed by atoms with Crippen LogP contribution in [0, 0.1) is 11.3 Å². The van der Waals surface area contributed by atoms with Crippen molar-refractivity contribution >= 4 is 18.0 Å². The third-order valence-corrected chi connectivity index (χ3v) is 5.09. The van der Waals surface area contributed by atoms with Crippen LogP contribution < -0.4 is 26.6 Å². The first kappa shape index (κ1) is 18.4. The van der Waals surface area contributed by atoms with Crippen molar-refractivity contribution < 1.29 is 0 Å². The summed E-state index contributed by atoms with van der Waals surface area (Å²) in [6.45, 7) is 7.57. The molecule has 130 valence electrons. The van der Waals surface area contributed by atoms with E-state index in [2.05, 4.69) is 30.4 Å². The van der Waals surface area contributed by atoms with Gasteiger partial charge in [0.1, 0.15) is 11.9 Å². The standard InChI is InChI=1S/C15H24N8S/c1-15(2,13(10-17)20-18)21-24-23-7-5-22(6-8-23)14-4-3-12(9-16)11-19-14/h3-4,10-11,20-21H,5-8,17-18H2,1-2H3/b13-10-. The van der Waals surface area contributed by atoms with Gasteiger partial charge in [-0.25, -0.2) is 14.0 Å². The second-order valence-electron chi connectivity index (χ2n) is 5.98. The quantitative estimate of drug-likeness (QED) is 0.326. The second kappa shape index (κ2) is 8.21. The predicted molar refractivity (Wildman–Crippen MR) is 97.1 cm³/mol. The molecule has 8 nitrogen and oxygen atoms in total. The Balaban J connectivity index is 1.83. The summed E-state index contributed by atoms with van der Waals surface area (Å²) in [4.78, 5) is 6.57. The Morgan fingerprint density at radius 2 is 2.08 bits per heavy atom. The van der Waals surface area contributed by atoms with E-state index < -0.39 is 0 Å². The second-order valence-corrected chi connectivity index (χ2v) is 6.88. The minimum absolute atomic E-state index is 0.361. The summed E-state index contributed by atoms with van der Waals surface area (Å²) in [5, 5.41) is 8.83. The fraction of sp³-hybridized carbons (Fsp3) is 0.467. The molecule has 24 heavy (non-hydrogen) atoms. The molecule has 6 N–H and O–H groups in total. The maximum absolute atomic E-state index is 8.83. The Labute approximate surface area is 147 Å². The zero-order valence-electron chi connectivity index (χ0n) is 14.0.